The van der Waals surface area contributed by atoms with Crippen LogP contribution in [0, 0.1) is 5.82 Å². The van der Waals surface area contributed by atoms with Crippen molar-refractivity contribution in [1.29, 1.82) is 0 Å². The van der Waals surface area contributed by atoms with Crippen LogP contribution >= 0.6 is 0 Å². The van der Waals surface area contributed by atoms with Gasteiger partial charge in [-0.05, 0) is 37.3 Å². The standard InChI is InChI=1S/C21H26FN3O2/c1-16(24(2)15-17-5-3-4-6-20(17)22)21(26)23-18-7-9-19(10-8-18)25-11-13-27-14-12-25/h3-10,16H,11-15H2,1-2H3,(H,23,26)/p+1/t16-/m1/s1. The molecule has 0 radical (unpaired) electrons. The summed E-state index contributed by atoms with van der Waals surface area (Å²) in [5.74, 6) is -0.314. The van der Waals surface area contributed by atoms with Gasteiger partial charge in [0.1, 0.15) is 12.4 Å². The van der Waals surface area contributed by atoms with Crippen LogP contribution in [0.5, 0.6) is 0 Å². The maximum Gasteiger partial charge on any atom is 0.282 e. The lowest BCUT2D eigenvalue weighted by Gasteiger charge is -2.29. The van der Waals surface area contributed by atoms with Crippen LogP contribution in [0.25, 0.3) is 0 Å². The van der Waals surface area contributed by atoms with Crippen LogP contribution in [0.2, 0.25) is 0 Å². The van der Waals surface area contributed by atoms with Gasteiger partial charge < -0.3 is 19.9 Å². The Kier molecular flexibility index (Phi) is 6.42. The predicted octanol–water partition coefficient (Wildman–Crippen LogP) is 1.70. The maximum atomic E-state index is 13.8. The number of carbonyl (C=O) groups is 1. The van der Waals surface area contributed by atoms with Crippen LogP contribution in [0.1, 0.15) is 12.5 Å². The van der Waals surface area contributed by atoms with Crippen molar-refractivity contribution < 1.29 is 18.8 Å². The van der Waals surface area contributed by atoms with E-state index in [1.807, 2.05) is 44.3 Å². The molecular formula is C21H27FN3O2+. The van der Waals surface area contributed by atoms with Gasteiger partial charge in [0.15, 0.2) is 6.04 Å². The molecule has 0 aliphatic carbocycles. The van der Waals surface area contributed by atoms with Gasteiger partial charge in [0.2, 0.25) is 0 Å². The number of benzene rings is 2. The molecule has 1 amide bonds. The number of amides is 1. The molecule has 1 saturated heterocycles. The number of likely N-dealkylation sites (N-methyl/N-ethyl adjacent to an activating group) is 1. The van der Waals surface area contributed by atoms with E-state index in [1.165, 1.54) is 6.07 Å². The van der Waals surface area contributed by atoms with E-state index in [-0.39, 0.29) is 17.8 Å². The van der Waals surface area contributed by atoms with E-state index in [1.54, 1.807) is 12.1 Å². The van der Waals surface area contributed by atoms with Gasteiger partial charge in [-0.1, -0.05) is 18.2 Å². The highest BCUT2D eigenvalue weighted by Gasteiger charge is 2.23. The van der Waals surface area contributed by atoms with E-state index >= 15 is 0 Å². The Hall–Kier alpha value is -2.44. The Morgan fingerprint density at radius 3 is 2.52 bits per heavy atom. The van der Waals surface area contributed by atoms with Crippen molar-refractivity contribution in [2.24, 2.45) is 0 Å². The molecule has 1 fully saturated rings. The van der Waals surface area contributed by atoms with Gasteiger partial charge in [-0.15, -0.1) is 0 Å². The highest BCUT2D eigenvalue weighted by molar-refractivity contribution is 5.93. The van der Waals surface area contributed by atoms with Crippen molar-refractivity contribution in [2.75, 3.05) is 43.6 Å². The maximum absolute atomic E-state index is 13.8. The fraction of sp³-hybridized carbons (Fsp3) is 0.381. The molecule has 2 atom stereocenters. The zero-order valence-corrected chi connectivity index (χ0v) is 15.9. The number of nitrogens with one attached hydrogen (secondary N) is 2. The zero-order chi connectivity index (χ0) is 19.2. The second kappa shape index (κ2) is 8.97. The molecule has 0 aromatic heterocycles. The molecule has 1 aliphatic heterocycles. The van der Waals surface area contributed by atoms with E-state index in [4.69, 9.17) is 4.74 Å². The third-order valence-electron chi connectivity index (χ3n) is 5.07. The van der Waals surface area contributed by atoms with Gasteiger partial charge in [0.05, 0.1) is 20.3 Å². The molecule has 5 nitrogen and oxygen atoms in total. The fourth-order valence-electron chi connectivity index (χ4n) is 3.15. The van der Waals surface area contributed by atoms with Crippen LogP contribution < -0.4 is 15.1 Å². The highest BCUT2D eigenvalue weighted by atomic mass is 19.1. The van der Waals surface area contributed by atoms with Crippen molar-refractivity contribution in [1.82, 2.24) is 0 Å². The molecule has 144 valence electrons. The molecule has 6 heteroatoms. The first-order valence-electron chi connectivity index (χ1n) is 9.34. The van der Waals surface area contributed by atoms with Crippen molar-refractivity contribution in [3.63, 3.8) is 0 Å². The molecule has 0 spiro atoms. The summed E-state index contributed by atoms with van der Waals surface area (Å²) in [4.78, 5) is 15.8. The third-order valence-corrected chi connectivity index (χ3v) is 5.07. The molecule has 1 aliphatic rings. The highest BCUT2D eigenvalue weighted by Crippen LogP contribution is 2.19. The second-order valence-corrected chi connectivity index (χ2v) is 6.97. The van der Waals surface area contributed by atoms with E-state index in [9.17, 15) is 9.18 Å². The average molecular weight is 372 g/mol. The monoisotopic (exact) mass is 372 g/mol. The normalized spacial score (nSPS) is 16.6. The molecule has 1 heterocycles. The quantitative estimate of drug-likeness (QED) is 0.812. The van der Waals surface area contributed by atoms with E-state index < -0.39 is 0 Å². The number of hydrogen-bond acceptors (Lipinski definition) is 3. The van der Waals surface area contributed by atoms with Crippen LogP contribution in [0.3, 0.4) is 0 Å². The molecule has 0 bridgehead atoms. The summed E-state index contributed by atoms with van der Waals surface area (Å²) in [5, 5.41) is 2.96. The smallest absolute Gasteiger partial charge is 0.282 e. The van der Waals surface area contributed by atoms with E-state index in [0.29, 0.717) is 12.1 Å². The Morgan fingerprint density at radius 1 is 1.19 bits per heavy atom. The Bertz CT molecular complexity index is 760. The van der Waals surface area contributed by atoms with Gasteiger partial charge in [0, 0.05) is 30.0 Å². The molecule has 2 N–H and O–H groups in total. The summed E-state index contributed by atoms with van der Waals surface area (Å²) in [6.07, 6.45) is 0. The summed E-state index contributed by atoms with van der Waals surface area (Å²) in [6.45, 7) is 5.56. The van der Waals surface area contributed by atoms with Gasteiger partial charge in [-0.2, -0.15) is 0 Å². The minimum atomic E-state index is -0.302. The molecule has 2 aromatic rings. The lowest BCUT2D eigenvalue weighted by Crippen LogP contribution is -3.12. The van der Waals surface area contributed by atoms with Crippen LogP contribution in [0.4, 0.5) is 15.8 Å². The van der Waals surface area contributed by atoms with Gasteiger partial charge in [-0.3, -0.25) is 4.79 Å². The van der Waals surface area contributed by atoms with Crippen molar-refractivity contribution in [3.8, 4) is 0 Å². The Labute approximate surface area is 159 Å². The predicted molar refractivity (Wildman–Crippen MR) is 105 cm³/mol. The lowest BCUT2D eigenvalue weighted by atomic mass is 10.1. The first-order valence-corrected chi connectivity index (χ1v) is 9.34. The number of ether oxygens (including phenoxy) is 1. The number of anilines is 2. The van der Waals surface area contributed by atoms with E-state index in [0.717, 1.165) is 42.6 Å². The van der Waals surface area contributed by atoms with E-state index in [2.05, 4.69) is 10.2 Å². The minimum absolute atomic E-state index is 0.0806. The van der Waals surface area contributed by atoms with Gasteiger partial charge >= 0.3 is 0 Å². The molecule has 0 saturated carbocycles. The van der Waals surface area contributed by atoms with Crippen molar-refractivity contribution in [3.05, 3.63) is 59.9 Å². The first-order chi connectivity index (χ1) is 13.0. The number of carbonyl (C=O) groups excluding carboxylic acids is 1. The zero-order valence-electron chi connectivity index (χ0n) is 15.9. The third kappa shape index (κ3) is 5.05. The molecule has 3 rings (SSSR count). The number of nitrogens with zero attached hydrogens (tertiary/aromatic N) is 1. The Morgan fingerprint density at radius 2 is 1.85 bits per heavy atom. The van der Waals surface area contributed by atoms with Crippen molar-refractivity contribution >= 4 is 17.3 Å². The fourth-order valence-corrected chi connectivity index (χ4v) is 3.15. The van der Waals surface area contributed by atoms with Crippen LogP contribution in [0.15, 0.2) is 48.5 Å². The minimum Gasteiger partial charge on any atom is -0.378 e. The van der Waals surface area contributed by atoms with Crippen LogP contribution in [-0.4, -0.2) is 45.3 Å². The molecule has 27 heavy (non-hydrogen) atoms. The largest absolute Gasteiger partial charge is 0.378 e. The van der Waals surface area contributed by atoms with Gasteiger partial charge in [-0.25, -0.2) is 4.39 Å². The molecular weight excluding hydrogens is 345 g/mol. The topological polar surface area (TPSA) is 46.0 Å². The second-order valence-electron chi connectivity index (χ2n) is 6.97. The number of quaternary nitrogens is 1. The van der Waals surface area contributed by atoms with Crippen LogP contribution in [-0.2, 0) is 16.1 Å². The molecule has 2 aromatic carbocycles. The number of morpholine rings is 1. The molecule has 1 unspecified atom stereocenters. The summed E-state index contributed by atoms with van der Waals surface area (Å²) < 4.78 is 19.2. The summed E-state index contributed by atoms with van der Waals surface area (Å²) in [7, 11) is 1.90. The number of halogens is 1. The average Bonchev–Trinajstić information content (AvgIpc) is 2.70. The lowest BCUT2D eigenvalue weighted by molar-refractivity contribution is -0.908. The summed E-state index contributed by atoms with van der Waals surface area (Å²) in [5.41, 5.74) is 2.51. The number of hydrogen-bond donors (Lipinski definition) is 2. The van der Waals surface area contributed by atoms with Crippen molar-refractivity contribution in [2.45, 2.75) is 19.5 Å². The Balaban J connectivity index is 1.56. The van der Waals surface area contributed by atoms with Gasteiger partial charge in [0.25, 0.3) is 5.91 Å². The first kappa shape index (κ1) is 19.3. The number of rotatable bonds is 6. The summed E-state index contributed by atoms with van der Waals surface area (Å²) in [6, 6.07) is 14.3. The summed E-state index contributed by atoms with van der Waals surface area (Å²) >= 11 is 0. The SMILES string of the molecule is C[C@H](C(=O)Nc1ccc(N2CCOCC2)cc1)[NH+](C)Cc1ccccc1F.